The van der Waals surface area contributed by atoms with Gasteiger partial charge < -0.3 is 15.2 Å². The maximum absolute atomic E-state index is 8.68. The third-order valence-electron chi connectivity index (χ3n) is 4.00. The van der Waals surface area contributed by atoms with Crippen LogP contribution in [-0.4, -0.2) is 37.0 Å². The van der Waals surface area contributed by atoms with Gasteiger partial charge in [-0.25, -0.2) is 0 Å². The molecule has 84 valence electrons. The molecular weight excluding hydrogens is 178 g/mol. The SMILES string of the molecule is COC1(C)CC(NCCCO)C1(C)C. The largest absolute Gasteiger partial charge is 0.396 e. The van der Waals surface area contributed by atoms with Crippen LogP contribution in [0.3, 0.4) is 0 Å². The molecule has 1 saturated carbocycles. The number of methoxy groups -OCH3 is 1. The normalized spacial score (nSPS) is 35.4. The summed E-state index contributed by atoms with van der Waals surface area (Å²) >= 11 is 0. The fourth-order valence-electron chi connectivity index (χ4n) is 2.17. The van der Waals surface area contributed by atoms with Gasteiger partial charge in [-0.15, -0.1) is 0 Å². The summed E-state index contributed by atoms with van der Waals surface area (Å²) in [6.45, 7) is 7.79. The summed E-state index contributed by atoms with van der Waals surface area (Å²) in [5.41, 5.74) is 0.182. The maximum atomic E-state index is 8.68. The van der Waals surface area contributed by atoms with Gasteiger partial charge in [-0.2, -0.15) is 0 Å². The second-order valence-electron chi connectivity index (χ2n) is 4.94. The van der Waals surface area contributed by atoms with E-state index in [-0.39, 0.29) is 17.6 Å². The zero-order valence-corrected chi connectivity index (χ0v) is 9.76. The number of ether oxygens (including phenoxy) is 1. The number of nitrogens with one attached hydrogen (secondary N) is 1. The Hall–Kier alpha value is -0.120. The summed E-state index contributed by atoms with van der Waals surface area (Å²) in [6, 6.07) is 0.513. The Kier molecular flexibility index (Phi) is 3.56. The van der Waals surface area contributed by atoms with E-state index in [2.05, 4.69) is 26.1 Å². The van der Waals surface area contributed by atoms with Crippen molar-refractivity contribution in [1.82, 2.24) is 5.32 Å². The van der Waals surface area contributed by atoms with E-state index >= 15 is 0 Å². The maximum Gasteiger partial charge on any atom is 0.0731 e. The lowest BCUT2D eigenvalue weighted by Crippen LogP contribution is -2.67. The van der Waals surface area contributed by atoms with Crippen molar-refractivity contribution in [2.75, 3.05) is 20.3 Å². The zero-order chi connectivity index (χ0) is 10.8. The highest BCUT2D eigenvalue weighted by Gasteiger charge is 2.57. The van der Waals surface area contributed by atoms with Crippen LogP contribution in [0.15, 0.2) is 0 Å². The molecule has 0 aromatic carbocycles. The van der Waals surface area contributed by atoms with Crippen molar-refractivity contribution >= 4 is 0 Å². The summed E-state index contributed by atoms with van der Waals surface area (Å²) in [7, 11) is 1.78. The topological polar surface area (TPSA) is 41.5 Å². The Labute approximate surface area is 86.8 Å². The first kappa shape index (κ1) is 12.0. The average molecular weight is 201 g/mol. The Morgan fingerprint density at radius 2 is 2.07 bits per heavy atom. The first-order chi connectivity index (χ1) is 6.48. The monoisotopic (exact) mass is 201 g/mol. The number of rotatable bonds is 5. The number of aliphatic hydroxyl groups excluding tert-OH is 1. The van der Waals surface area contributed by atoms with Crippen LogP contribution < -0.4 is 5.32 Å². The molecule has 0 aliphatic heterocycles. The fourth-order valence-corrected chi connectivity index (χ4v) is 2.17. The van der Waals surface area contributed by atoms with E-state index in [0.717, 1.165) is 19.4 Å². The van der Waals surface area contributed by atoms with Gasteiger partial charge >= 0.3 is 0 Å². The van der Waals surface area contributed by atoms with Gasteiger partial charge in [0.15, 0.2) is 0 Å². The molecule has 0 saturated heterocycles. The minimum absolute atomic E-state index is 0.00385. The Morgan fingerprint density at radius 3 is 2.50 bits per heavy atom. The van der Waals surface area contributed by atoms with Gasteiger partial charge in [-0.05, 0) is 26.3 Å². The van der Waals surface area contributed by atoms with Crippen molar-refractivity contribution in [3.8, 4) is 0 Å². The Bertz CT molecular complexity index is 194. The molecule has 3 nitrogen and oxygen atoms in total. The van der Waals surface area contributed by atoms with E-state index in [1.807, 2.05) is 0 Å². The van der Waals surface area contributed by atoms with Crippen LogP contribution >= 0.6 is 0 Å². The molecule has 2 unspecified atom stereocenters. The van der Waals surface area contributed by atoms with Crippen LogP contribution in [0.1, 0.15) is 33.6 Å². The van der Waals surface area contributed by atoms with Gasteiger partial charge in [0, 0.05) is 25.2 Å². The van der Waals surface area contributed by atoms with Crippen molar-refractivity contribution in [1.29, 1.82) is 0 Å². The van der Waals surface area contributed by atoms with E-state index in [4.69, 9.17) is 9.84 Å². The van der Waals surface area contributed by atoms with Crippen LogP contribution in [0.25, 0.3) is 0 Å². The predicted octanol–water partition coefficient (Wildman–Crippen LogP) is 1.16. The highest BCUT2D eigenvalue weighted by molar-refractivity contribution is 5.11. The van der Waals surface area contributed by atoms with Gasteiger partial charge in [-0.1, -0.05) is 13.8 Å². The standard InChI is InChI=1S/C11H23NO2/c1-10(2)9(12-6-5-7-13)8-11(10,3)14-4/h9,12-13H,5-8H2,1-4H3. The summed E-state index contributed by atoms with van der Waals surface area (Å²) < 4.78 is 5.54. The average Bonchev–Trinajstić information content (AvgIpc) is 2.16. The van der Waals surface area contributed by atoms with Crippen molar-refractivity contribution in [2.45, 2.75) is 45.3 Å². The molecule has 0 aromatic heterocycles. The van der Waals surface area contributed by atoms with Gasteiger partial charge in [-0.3, -0.25) is 0 Å². The molecule has 3 heteroatoms. The van der Waals surface area contributed by atoms with E-state index < -0.39 is 0 Å². The molecule has 2 atom stereocenters. The van der Waals surface area contributed by atoms with Gasteiger partial charge in [0.1, 0.15) is 0 Å². The molecule has 1 rings (SSSR count). The van der Waals surface area contributed by atoms with Crippen molar-refractivity contribution in [3.05, 3.63) is 0 Å². The second-order valence-corrected chi connectivity index (χ2v) is 4.94. The lowest BCUT2D eigenvalue weighted by molar-refractivity contribution is -0.180. The van der Waals surface area contributed by atoms with Gasteiger partial charge in [0.25, 0.3) is 0 Å². The van der Waals surface area contributed by atoms with Crippen LogP contribution in [0, 0.1) is 5.41 Å². The highest BCUT2D eigenvalue weighted by Crippen LogP contribution is 2.51. The summed E-state index contributed by atoms with van der Waals surface area (Å²) in [6.07, 6.45) is 1.89. The van der Waals surface area contributed by atoms with Crippen LogP contribution in [-0.2, 0) is 4.74 Å². The number of hydrogen-bond donors (Lipinski definition) is 2. The van der Waals surface area contributed by atoms with Crippen molar-refractivity contribution in [2.24, 2.45) is 5.41 Å². The minimum atomic E-state index is 0.00385. The highest BCUT2D eigenvalue weighted by atomic mass is 16.5. The molecule has 1 fully saturated rings. The third-order valence-corrected chi connectivity index (χ3v) is 4.00. The van der Waals surface area contributed by atoms with Crippen molar-refractivity contribution < 1.29 is 9.84 Å². The molecule has 0 radical (unpaired) electrons. The number of aliphatic hydroxyl groups is 1. The van der Waals surface area contributed by atoms with E-state index in [1.165, 1.54) is 0 Å². The zero-order valence-electron chi connectivity index (χ0n) is 9.76. The molecule has 1 aliphatic rings. The Balaban J connectivity index is 2.39. The first-order valence-electron chi connectivity index (χ1n) is 5.37. The number of hydrogen-bond acceptors (Lipinski definition) is 3. The van der Waals surface area contributed by atoms with E-state index in [1.54, 1.807) is 7.11 Å². The van der Waals surface area contributed by atoms with Crippen LogP contribution in [0.5, 0.6) is 0 Å². The summed E-state index contributed by atoms with van der Waals surface area (Å²) in [5.74, 6) is 0. The van der Waals surface area contributed by atoms with Crippen LogP contribution in [0.2, 0.25) is 0 Å². The summed E-state index contributed by atoms with van der Waals surface area (Å²) in [4.78, 5) is 0. The molecule has 2 N–H and O–H groups in total. The smallest absolute Gasteiger partial charge is 0.0731 e. The van der Waals surface area contributed by atoms with Crippen LogP contribution in [0.4, 0.5) is 0 Å². The fraction of sp³-hybridized carbons (Fsp3) is 1.00. The van der Waals surface area contributed by atoms with Crippen molar-refractivity contribution in [3.63, 3.8) is 0 Å². The van der Waals surface area contributed by atoms with Gasteiger partial charge in [0.05, 0.1) is 5.60 Å². The predicted molar refractivity (Wildman–Crippen MR) is 57.3 cm³/mol. The molecule has 0 heterocycles. The minimum Gasteiger partial charge on any atom is -0.396 e. The Morgan fingerprint density at radius 1 is 1.43 bits per heavy atom. The lowest BCUT2D eigenvalue weighted by atomic mass is 9.56. The van der Waals surface area contributed by atoms with E-state index in [9.17, 15) is 0 Å². The molecule has 0 amide bonds. The molecular formula is C11H23NO2. The van der Waals surface area contributed by atoms with Gasteiger partial charge in [0.2, 0.25) is 0 Å². The second kappa shape index (κ2) is 4.17. The molecule has 14 heavy (non-hydrogen) atoms. The molecule has 0 aromatic rings. The summed E-state index contributed by atoms with van der Waals surface area (Å²) in [5, 5.41) is 12.1. The quantitative estimate of drug-likeness (QED) is 0.656. The molecule has 0 spiro atoms. The third kappa shape index (κ3) is 1.81. The van der Waals surface area contributed by atoms with E-state index in [0.29, 0.717) is 6.04 Å². The molecule has 1 aliphatic carbocycles. The molecule has 0 bridgehead atoms. The lowest BCUT2D eigenvalue weighted by Gasteiger charge is -2.59. The first-order valence-corrected chi connectivity index (χ1v) is 5.37.